The summed E-state index contributed by atoms with van der Waals surface area (Å²) in [5.74, 6) is 11.3. The smallest absolute Gasteiger partial charge is 0.134 e. The van der Waals surface area contributed by atoms with Crippen molar-refractivity contribution in [2.75, 3.05) is 13.2 Å². The first-order chi connectivity index (χ1) is 60.1. The van der Waals surface area contributed by atoms with Crippen molar-refractivity contribution in [3.63, 3.8) is 0 Å². The summed E-state index contributed by atoms with van der Waals surface area (Å²) >= 11 is 7.23. The first-order valence-electron chi connectivity index (χ1n) is 46.6. The molecule has 14 heterocycles. The van der Waals surface area contributed by atoms with E-state index in [1.807, 2.05) is 120 Å². The highest BCUT2D eigenvalue weighted by molar-refractivity contribution is 7.10. The van der Waals surface area contributed by atoms with E-state index in [4.69, 9.17) is 22.7 Å². The number of fused-ring (bicyclic) bond motifs is 2. The Kier molecular flexibility index (Phi) is 64.0. The second-order valence-corrected chi connectivity index (χ2v) is 40.5. The Morgan fingerprint density at radius 1 is 0.422 bits per heavy atom. The van der Waals surface area contributed by atoms with Gasteiger partial charge in [-0.2, -0.15) is 22.7 Å². The molecular formula is C114H173N5O5S4. The summed E-state index contributed by atoms with van der Waals surface area (Å²) in [4.78, 5) is 20.9. The molecule has 10 nitrogen and oxygen atoms in total. The number of ether oxygens (including phenoxy) is 2. The summed E-state index contributed by atoms with van der Waals surface area (Å²) in [6.07, 6.45) is 25.8. The number of nitrogens with zero attached hydrogens (tertiary/aromatic N) is 2. The molecule has 128 heavy (non-hydrogen) atoms. The van der Waals surface area contributed by atoms with Gasteiger partial charge in [-0.25, -0.2) is 0 Å². The molecule has 2 saturated heterocycles. The highest BCUT2D eigenvalue weighted by Gasteiger charge is 2.19. The minimum atomic E-state index is 0. The first-order valence-corrected chi connectivity index (χ1v) is 50.3. The van der Waals surface area contributed by atoms with E-state index in [-0.39, 0.29) is 14.9 Å². The van der Waals surface area contributed by atoms with Gasteiger partial charge >= 0.3 is 0 Å². The number of hydrogen-bond donors (Lipinski definition) is 3. The third-order valence-corrected chi connectivity index (χ3v) is 23.4. The molecule has 14 heteroatoms. The van der Waals surface area contributed by atoms with Crippen LogP contribution in [-0.2, 0) is 28.7 Å². The molecule has 0 aliphatic carbocycles. The van der Waals surface area contributed by atoms with Gasteiger partial charge in [0.2, 0.25) is 0 Å². The van der Waals surface area contributed by atoms with Gasteiger partial charge in [-0.3, -0.25) is 9.97 Å². The minimum Gasteiger partial charge on any atom is -0.472 e. The Bertz CT molecular complexity index is 4120. The lowest BCUT2D eigenvalue weighted by molar-refractivity contribution is 0.0758. The largest absolute Gasteiger partial charge is 0.472 e. The summed E-state index contributed by atoms with van der Waals surface area (Å²) in [7, 11) is 0. The summed E-state index contributed by atoms with van der Waals surface area (Å²) in [5.41, 5.74) is 12.9. The number of benzene rings is 2. The molecule has 0 radical (unpaired) electrons. The molecule has 0 bridgehead atoms. The normalized spacial score (nSPS) is 12.8. The van der Waals surface area contributed by atoms with Crippen LogP contribution in [-0.4, -0.2) is 50.3 Å². The lowest BCUT2D eigenvalue weighted by atomic mass is 10.0. The predicted octanol–water partition coefficient (Wildman–Crippen LogP) is 37.4. The van der Waals surface area contributed by atoms with Crippen molar-refractivity contribution in [3.8, 4) is 0 Å². The number of aromatic amines is 3. The molecule has 0 saturated carbocycles. The highest BCUT2D eigenvalue weighted by atomic mass is 32.1. The van der Waals surface area contributed by atoms with Crippen LogP contribution in [0.25, 0.3) is 21.9 Å². The van der Waals surface area contributed by atoms with Gasteiger partial charge in [0.1, 0.15) is 17.1 Å². The van der Waals surface area contributed by atoms with E-state index in [0.29, 0.717) is 65.5 Å². The number of thiophene rings is 4. The average molecular weight is 1820 g/mol. The van der Waals surface area contributed by atoms with Crippen LogP contribution in [0.15, 0.2) is 265 Å². The van der Waals surface area contributed by atoms with E-state index in [9.17, 15) is 0 Å². The van der Waals surface area contributed by atoms with Crippen LogP contribution in [0.1, 0.15) is 360 Å². The molecule has 2 aliphatic rings. The summed E-state index contributed by atoms with van der Waals surface area (Å²) in [5, 5.41) is 15.4. The zero-order chi connectivity index (χ0) is 93.1. The summed E-state index contributed by atoms with van der Waals surface area (Å²) < 4.78 is 26.5. The summed E-state index contributed by atoms with van der Waals surface area (Å²) in [6.45, 7) is 63.3. The molecule has 2 fully saturated rings. The maximum atomic E-state index is 5.63. The molecule has 12 aromatic heterocycles. The second-order valence-electron chi connectivity index (χ2n) is 37.0. The van der Waals surface area contributed by atoms with Crippen LogP contribution >= 0.6 is 45.3 Å². The van der Waals surface area contributed by atoms with Crippen molar-refractivity contribution in [1.82, 2.24) is 24.9 Å². The number of rotatable bonds is 18. The van der Waals surface area contributed by atoms with Crippen molar-refractivity contribution in [3.05, 3.63) is 318 Å². The van der Waals surface area contributed by atoms with Crippen LogP contribution < -0.4 is 0 Å². The average Bonchev–Trinajstić information content (AvgIpc) is 1.70. The molecular weight excluding hydrogens is 1650 g/mol. The molecule has 3 N–H and O–H groups in total. The number of hydrogen-bond acceptors (Lipinski definition) is 11. The van der Waals surface area contributed by atoms with Crippen LogP contribution in [0.4, 0.5) is 0 Å². The third kappa shape index (κ3) is 54.3. The third-order valence-electron chi connectivity index (χ3n) is 19.9. The second kappa shape index (κ2) is 69.6. The first kappa shape index (κ1) is 118. The van der Waals surface area contributed by atoms with E-state index in [1.165, 1.54) is 110 Å². The van der Waals surface area contributed by atoms with Crippen molar-refractivity contribution in [2.24, 2.45) is 29.6 Å². The number of H-pyrrole nitrogens is 3. The predicted molar refractivity (Wildman–Crippen MR) is 567 cm³/mol. The maximum Gasteiger partial charge on any atom is 0.134 e. The maximum absolute atomic E-state index is 5.63. The molecule has 0 amide bonds. The van der Waals surface area contributed by atoms with Gasteiger partial charge in [-0.1, -0.05) is 269 Å². The van der Waals surface area contributed by atoms with E-state index in [2.05, 4.69) is 348 Å². The van der Waals surface area contributed by atoms with Gasteiger partial charge in [0.05, 0.1) is 31.0 Å². The van der Waals surface area contributed by atoms with Gasteiger partial charge in [-0.05, 0) is 291 Å². The fraction of sp³-hybridized carbons (Fsp3) is 0.491. The zero-order valence-corrected chi connectivity index (χ0v) is 85.9. The lowest BCUT2D eigenvalue weighted by Crippen LogP contribution is -2.12. The lowest BCUT2D eigenvalue weighted by Gasteiger charge is -2.11. The van der Waals surface area contributed by atoms with Crippen molar-refractivity contribution < 1.29 is 22.7 Å². The highest BCUT2D eigenvalue weighted by Crippen LogP contribution is 2.27. The van der Waals surface area contributed by atoms with E-state index in [1.54, 1.807) is 47.7 Å². The minimum absolute atomic E-state index is 0. The van der Waals surface area contributed by atoms with E-state index in [0.717, 1.165) is 72.0 Å². The Hall–Kier alpha value is -8.34. The quantitative estimate of drug-likeness (QED) is 0.0780. The fourth-order valence-electron chi connectivity index (χ4n) is 12.4. The standard InChI is InChI=1S/C11H13N.C11H12O.C8H11N.C8H13N.C8H11N.C8H16O.2C8H12S.C7H11N.C7H10O.C7H14O.C7H10O.2C7H10S.2CH4/c2*1-8(2)11-7-9-5-3-4-6-10(9)12-11;1-7(2)8-4-3-5-9-6-8;1-7(2)6-8-4-3-5-9-8;1-7(2)8-5-3-4-6-9-8;1-7(2)6-8-4-3-5-9-8;1-7(2)5-8-3-4-9-6-8;1-7(2)6-8-4-3-5-9-8;1-6(2)7-4-3-5-8-7;1-6(2)7-3-4-8-5-7;2*1-6(2)7-4-3-5-8-7;1-6(2)7-3-4-8-5-7;1-6(2)7-4-3-5-8-7;;/h3-8,12H,1-2H3;3-8H,1-2H3;3-7H,1-2H3;3-5,7,9H,6H2,1-2H3;3-7H,1-2H3;7-8H,3-6H2,1-2H3;3-4,6-7H,5H2,1-2H3;3-5,7H,6H2,1-2H3;3-6,8H,1-2H3;3-6H,1-2H3;6-7H,3-5H2,1-2H3;3*3-6H,1-2H3;2*1H4. The monoisotopic (exact) mass is 1820 g/mol. The number of para-hydroxylation sites is 2. The van der Waals surface area contributed by atoms with Crippen LogP contribution in [0, 0.1) is 29.6 Å². The molecule has 2 atom stereocenters. The Morgan fingerprint density at radius 2 is 1.04 bits per heavy atom. The van der Waals surface area contributed by atoms with Crippen molar-refractivity contribution in [2.45, 2.75) is 326 Å². The van der Waals surface area contributed by atoms with Gasteiger partial charge in [0.15, 0.2) is 0 Å². The number of furan rings is 3. The number of pyridine rings is 2. The zero-order valence-electron chi connectivity index (χ0n) is 82.6. The van der Waals surface area contributed by atoms with Crippen molar-refractivity contribution >= 4 is 67.2 Å². The fourth-order valence-corrected chi connectivity index (χ4v) is 15.6. The molecule has 2 unspecified atom stereocenters. The molecule has 2 aliphatic heterocycles. The molecule has 16 rings (SSSR count). The molecule has 708 valence electrons. The van der Waals surface area contributed by atoms with Crippen molar-refractivity contribution in [1.29, 1.82) is 0 Å². The van der Waals surface area contributed by atoms with Gasteiger partial charge in [0, 0.05) is 99.5 Å². The SMILES string of the molecule is C.C.CC(C)C1CCCO1.CC(C)CC1CCCO1.CC(C)Cc1ccc[nH]1.CC(C)Cc1cccs1.CC(C)Cc1ccsc1.CC(C)c1cc2ccccc2[nH]1.CC(C)c1cc2ccccc2o1.CC(C)c1ccc[nH]1.CC(C)c1ccccn1.CC(C)c1cccnc1.CC(C)c1ccco1.CC(C)c1cccs1.CC(C)c1ccoc1.CC(C)c1ccsc1. The molecule has 2 aromatic carbocycles. The molecule has 0 spiro atoms. The van der Waals surface area contributed by atoms with Crippen LogP contribution in [0.3, 0.4) is 0 Å². The molecule has 14 aromatic rings. The van der Waals surface area contributed by atoms with E-state index < -0.39 is 0 Å². The Labute approximate surface area is 795 Å². The topological polar surface area (TPSA) is 131 Å². The van der Waals surface area contributed by atoms with Gasteiger partial charge in [-0.15, -0.1) is 22.7 Å². The van der Waals surface area contributed by atoms with E-state index >= 15 is 0 Å². The van der Waals surface area contributed by atoms with Crippen LogP contribution in [0.5, 0.6) is 0 Å². The summed E-state index contributed by atoms with van der Waals surface area (Å²) in [6, 6.07) is 58.0. The van der Waals surface area contributed by atoms with Gasteiger partial charge in [0.25, 0.3) is 0 Å². The van der Waals surface area contributed by atoms with Crippen LogP contribution in [0.2, 0.25) is 0 Å². The Balaban J connectivity index is 0.000000690. The Morgan fingerprint density at radius 3 is 1.42 bits per heavy atom. The number of nitrogens with one attached hydrogen (secondary N) is 3. The number of aromatic nitrogens is 5. The van der Waals surface area contributed by atoms with Gasteiger partial charge < -0.3 is 37.7 Å².